The molecule has 0 bridgehead atoms. The summed E-state index contributed by atoms with van der Waals surface area (Å²) in [6.07, 6.45) is 4.04. The highest BCUT2D eigenvalue weighted by molar-refractivity contribution is 5.92. The van der Waals surface area contributed by atoms with Gasteiger partial charge >= 0.3 is 0 Å². The number of aryl methyl sites for hydroxylation is 3. The molecule has 0 aliphatic heterocycles. The number of rotatable bonds is 5. The lowest BCUT2D eigenvalue weighted by Gasteiger charge is -2.11. The van der Waals surface area contributed by atoms with Gasteiger partial charge in [0.2, 0.25) is 6.04 Å². The van der Waals surface area contributed by atoms with Crippen molar-refractivity contribution in [2.75, 3.05) is 5.32 Å². The summed E-state index contributed by atoms with van der Waals surface area (Å²) in [4.78, 5) is 12.5. The number of benzene rings is 1. The summed E-state index contributed by atoms with van der Waals surface area (Å²) < 4.78 is 2.04. The largest absolute Gasteiger partial charge is 0.320 e. The van der Waals surface area contributed by atoms with Gasteiger partial charge in [-0.1, -0.05) is 26.0 Å². The van der Waals surface area contributed by atoms with Crippen molar-refractivity contribution in [3.05, 3.63) is 59.4 Å². The molecule has 22 heavy (non-hydrogen) atoms. The highest BCUT2D eigenvalue weighted by atomic mass is 16.2. The van der Waals surface area contributed by atoms with Crippen molar-refractivity contribution < 1.29 is 9.36 Å². The first-order valence-electron chi connectivity index (χ1n) is 7.95. The van der Waals surface area contributed by atoms with Crippen LogP contribution in [0, 0.1) is 6.92 Å². The Labute approximate surface area is 133 Å². The van der Waals surface area contributed by atoms with E-state index in [1.165, 1.54) is 11.1 Å². The van der Waals surface area contributed by atoms with Gasteiger partial charge in [0.25, 0.3) is 5.91 Å². The van der Waals surface area contributed by atoms with Gasteiger partial charge < -0.3 is 5.32 Å². The Morgan fingerprint density at radius 1 is 1.05 bits per heavy atom. The molecule has 0 radical (unpaired) electrons. The lowest BCUT2D eigenvalue weighted by atomic mass is 10.1. The van der Waals surface area contributed by atoms with Gasteiger partial charge in [-0.2, -0.15) is 4.57 Å². The normalized spacial score (nSPS) is 12.0. The molecule has 3 heteroatoms. The van der Waals surface area contributed by atoms with Crippen LogP contribution in [0.5, 0.6) is 0 Å². The minimum absolute atomic E-state index is 0.00519. The van der Waals surface area contributed by atoms with Crippen LogP contribution < -0.4 is 9.88 Å². The van der Waals surface area contributed by atoms with Gasteiger partial charge in [0.05, 0.1) is 0 Å². The molecule has 2 aromatic rings. The summed E-state index contributed by atoms with van der Waals surface area (Å²) in [6.45, 7) is 8.20. The van der Waals surface area contributed by atoms with Crippen molar-refractivity contribution in [1.82, 2.24) is 0 Å². The van der Waals surface area contributed by atoms with E-state index in [1.54, 1.807) is 0 Å². The molecule has 0 fully saturated rings. The molecule has 0 aliphatic rings. The molecule has 0 spiro atoms. The number of amides is 1. The standard InChI is InChI=1S/C19H24N2O/c1-5-16-9-11-18(12-10-16)20-19(22)15(4)21-13-17(6-2)8-7-14(21)3/h7-13,15H,5-6H2,1-4H3/p+1/t15-/m1/s1. The van der Waals surface area contributed by atoms with E-state index in [9.17, 15) is 4.79 Å². The fourth-order valence-corrected chi connectivity index (χ4v) is 2.46. The van der Waals surface area contributed by atoms with E-state index in [0.717, 1.165) is 24.2 Å². The summed E-state index contributed by atoms with van der Waals surface area (Å²) in [7, 11) is 0. The third-order valence-corrected chi connectivity index (χ3v) is 4.09. The maximum Gasteiger partial charge on any atom is 0.293 e. The van der Waals surface area contributed by atoms with Crippen LogP contribution in [0.15, 0.2) is 42.6 Å². The number of nitrogens with one attached hydrogen (secondary N) is 1. The SMILES string of the molecule is CCc1ccc(NC(=O)[C@@H](C)[n+]2cc(CC)ccc2C)cc1. The Morgan fingerprint density at radius 3 is 2.23 bits per heavy atom. The first-order valence-corrected chi connectivity index (χ1v) is 7.95. The average Bonchev–Trinajstić information content (AvgIpc) is 2.55. The van der Waals surface area contributed by atoms with E-state index in [1.807, 2.05) is 30.5 Å². The zero-order chi connectivity index (χ0) is 16.1. The fourth-order valence-electron chi connectivity index (χ4n) is 2.46. The number of nitrogens with zero attached hydrogens (tertiary/aromatic N) is 1. The number of hydrogen-bond donors (Lipinski definition) is 1. The number of aromatic nitrogens is 1. The molecule has 1 heterocycles. The molecule has 0 saturated heterocycles. The van der Waals surface area contributed by atoms with Gasteiger partial charge in [-0.3, -0.25) is 4.79 Å². The smallest absolute Gasteiger partial charge is 0.293 e. The molecule has 1 atom stereocenters. The second-order valence-electron chi connectivity index (χ2n) is 5.66. The van der Waals surface area contributed by atoms with Crippen LogP contribution in [-0.4, -0.2) is 5.91 Å². The number of carbonyl (C=O) groups is 1. The van der Waals surface area contributed by atoms with Crippen LogP contribution in [0.4, 0.5) is 5.69 Å². The summed E-state index contributed by atoms with van der Waals surface area (Å²) in [5, 5.41) is 3.00. The van der Waals surface area contributed by atoms with Crippen molar-refractivity contribution in [2.24, 2.45) is 0 Å². The Kier molecular flexibility index (Phi) is 5.31. The lowest BCUT2D eigenvalue weighted by molar-refractivity contribution is -0.711. The van der Waals surface area contributed by atoms with Crippen molar-refractivity contribution >= 4 is 11.6 Å². The second kappa shape index (κ2) is 7.21. The van der Waals surface area contributed by atoms with Gasteiger partial charge in [-0.25, -0.2) is 0 Å². The van der Waals surface area contributed by atoms with E-state index >= 15 is 0 Å². The average molecular weight is 297 g/mol. The van der Waals surface area contributed by atoms with Gasteiger partial charge in [0, 0.05) is 31.2 Å². The van der Waals surface area contributed by atoms with Crippen LogP contribution in [0.1, 0.15) is 43.6 Å². The molecule has 0 unspecified atom stereocenters. The predicted octanol–water partition coefficient (Wildman–Crippen LogP) is 3.61. The van der Waals surface area contributed by atoms with Crippen LogP contribution in [0.2, 0.25) is 0 Å². The van der Waals surface area contributed by atoms with Crippen molar-refractivity contribution in [3.63, 3.8) is 0 Å². The predicted molar refractivity (Wildman–Crippen MR) is 89.9 cm³/mol. The molecule has 1 aromatic heterocycles. The minimum atomic E-state index is -0.239. The van der Waals surface area contributed by atoms with Gasteiger partial charge in [-0.05, 0) is 36.6 Å². The van der Waals surface area contributed by atoms with E-state index in [2.05, 4.69) is 49.6 Å². The summed E-state index contributed by atoms with van der Waals surface area (Å²) in [6, 6.07) is 12.0. The van der Waals surface area contributed by atoms with Gasteiger partial charge in [0.15, 0.2) is 11.9 Å². The van der Waals surface area contributed by atoms with E-state index < -0.39 is 0 Å². The van der Waals surface area contributed by atoms with E-state index in [4.69, 9.17) is 0 Å². The molecule has 0 aliphatic carbocycles. The lowest BCUT2D eigenvalue weighted by Crippen LogP contribution is -2.47. The molecular formula is C19H25N2O+. The maximum atomic E-state index is 12.5. The summed E-state index contributed by atoms with van der Waals surface area (Å²) >= 11 is 0. The van der Waals surface area contributed by atoms with Crippen molar-refractivity contribution in [3.8, 4) is 0 Å². The zero-order valence-electron chi connectivity index (χ0n) is 13.9. The molecule has 1 amide bonds. The Morgan fingerprint density at radius 2 is 1.64 bits per heavy atom. The fraction of sp³-hybridized carbons (Fsp3) is 0.368. The topological polar surface area (TPSA) is 33.0 Å². The molecule has 3 nitrogen and oxygen atoms in total. The van der Waals surface area contributed by atoms with E-state index in [-0.39, 0.29) is 11.9 Å². The molecule has 1 aromatic carbocycles. The monoisotopic (exact) mass is 297 g/mol. The molecule has 116 valence electrons. The van der Waals surface area contributed by atoms with Crippen LogP contribution in [-0.2, 0) is 17.6 Å². The highest BCUT2D eigenvalue weighted by Crippen LogP contribution is 2.12. The Bertz CT molecular complexity index is 647. The van der Waals surface area contributed by atoms with Gasteiger partial charge in [-0.15, -0.1) is 0 Å². The molecule has 1 N–H and O–H groups in total. The van der Waals surface area contributed by atoms with Crippen molar-refractivity contribution in [2.45, 2.75) is 46.6 Å². The second-order valence-corrected chi connectivity index (χ2v) is 5.66. The van der Waals surface area contributed by atoms with Gasteiger partial charge in [0.1, 0.15) is 0 Å². The molecule has 2 rings (SSSR count). The third-order valence-electron chi connectivity index (χ3n) is 4.09. The highest BCUT2D eigenvalue weighted by Gasteiger charge is 2.24. The van der Waals surface area contributed by atoms with Crippen LogP contribution in [0.3, 0.4) is 0 Å². The molecule has 0 saturated carbocycles. The summed E-state index contributed by atoms with van der Waals surface area (Å²) in [5.41, 5.74) is 4.43. The number of carbonyl (C=O) groups excluding carboxylic acids is 1. The minimum Gasteiger partial charge on any atom is -0.320 e. The van der Waals surface area contributed by atoms with Crippen molar-refractivity contribution in [1.29, 1.82) is 0 Å². The van der Waals surface area contributed by atoms with Crippen LogP contribution >= 0.6 is 0 Å². The van der Waals surface area contributed by atoms with Crippen LogP contribution in [0.25, 0.3) is 0 Å². The van der Waals surface area contributed by atoms with E-state index in [0.29, 0.717) is 0 Å². The first-order chi connectivity index (χ1) is 10.5. The Hall–Kier alpha value is -2.16. The third kappa shape index (κ3) is 3.73. The number of anilines is 1. The Balaban J connectivity index is 2.14. The number of hydrogen-bond acceptors (Lipinski definition) is 1. The quantitative estimate of drug-likeness (QED) is 0.840. The number of pyridine rings is 1. The molecular weight excluding hydrogens is 272 g/mol. The zero-order valence-corrected chi connectivity index (χ0v) is 13.9. The first kappa shape index (κ1) is 16.2. The summed E-state index contributed by atoms with van der Waals surface area (Å²) in [5.74, 6) is 0.00519. The maximum absolute atomic E-state index is 12.5.